The summed E-state index contributed by atoms with van der Waals surface area (Å²) in [7, 11) is 0. The van der Waals surface area contributed by atoms with Gasteiger partial charge in [-0.1, -0.05) is 52.2 Å². The van der Waals surface area contributed by atoms with E-state index in [4.69, 9.17) is 39.5 Å². The molecule has 0 aliphatic rings. The monoisotopic (exact) mass is 467 g/mol. The van der Waals surface area contributed by atoms with Crippen LogP contribution in [0.15, 0.2) is 18.2 Å². The average Bonchev–Trinajstić information content (AvgIpc) is 2.96. The van der Waals surface area contributed by atoms with E-state index in [1.165, 1.54) is 12.1 Å². The van der Waals surface area contributed by atoms with Gasteiger partial charge in [-0.2, -0.15) is 0 Å². The first kappa shape index (κ1) is 22.7. The molecule has 11 heteroatoms. The Morgan fingerprint density at radius 1 is 1.32 bits per heavy atom. The zero-order chi connectivity index (χ0) is 21.1. The number of aromatic nitrogens is 1. The fraction of sp³-hybridized carbons (Fsp3) is 0.353. The lowest BCUT2D eigenvalue weighted by atomic mass is 10.2. The maximum absolute atomic E-state index is 13.1. The molecule has 0 unspecified atom stereocenters. The van der Waals surface area contributed by atoms with Gasteiger partial charge in [-0.25, -0.2) is 14.2 Å². The minimum Gasteiger partial charge on any atom is -0.444 e. The number of anilines is 1. The molecule has 0 radical (unpaired) electrons. The van der Waals surface area contributed by atoms with Crippen LogP contribution in [0.2, 0.25) is 5.02 Å². The van der Waals surface area contributed by atoms with Crippen LogP contribution >= 0.6 is 46.1 Å². The lowest BCUT2D eigenvalue weighted by Crippen LogP contribution is -2.27. The van der Waals surface area contributed by atoms with Gasteiger partial charge in [0.2, 0.25) is 0 Å². The Morgan fingerprint density at radius 2 is 2.00 bits per heavy atom. The van der Waals surface area contributed by atoms with Crippen molar-refractivity contribution < 1.29 is 18.7 Å². The number of ether oxygens (including phenoxy) is 1. The Balaban J connectivity index is 2.13. The molecule has 28 heavy (non-hydrogen) atoms. The van der Waals surface area contributed by atoms with E-state index in [1.807, 2.05) is 0 Å². The minimum atomic E-state index is -1.08. The quantitative estimate of drug-likeness (QED) is 0.553. The molecule has 0 bridgehead atoms. The van der Waals surface area contributed by atoms with Gasteiger partial charge >= 0.3 is 6.09 Å². The summed E-state index contributed by atoms with van der Waals surface area (Å²) in [5, 5.41) is 5.38. The first-order valence-electron chi connectivity index (χ1n) is 7.97. The molecule has 6 nitrogen and oxygen atoms in total. The van der Waals surface area contributed by atoms with Crippen molar-refractivity contribution in [3.63, 3.8) is 0 Å². The van der Waals surface area contributed by atoms with E-state index >= 15 is 0 Å². The molecule has 2 rings (SSSR count). The summed E-state index contributed by atoms with van der Waals surface area (Å²) in [5.74, 6) is -0.994. The molecule has 0 aliphatic carbocycles. The van der Waals surface area contributed by atoms with Crippen molar-refractivity contribution in [3.05, 3.63) is 45.2 Å². The van der Waals surface area contributed by atoms with Gasteiger partial charge in [-0.3, -0.25) is 10.1 Å². The number of halogens is 4. The van der Waals surface area contributed by atoms with E-state index in [0.717, 1.165) is 17.4 Å². The normalized spacial score (nSPS) is 11.4. The number of amides is 2. The lowest BCUT2D eigenvalue weighted by Gasteiger charge is -2.18. The highest BCUT2D eigenvalue weighted by Crippen LogP contribution is 2.33. The van der Waals surface area contributed by atoms with E-state index in [2.05, 4.69) is 15.6 Å². The summed E-state index contributed by atoms with van der Waals surface area (Å²) in [4.78, 5) is 27.5. The van der Waals surface area contributed by atoms with Gasteiger partial charge in [0.1, 0.15) is 16.3 Å². The molecule has 152 valence electrons. The van der Waals surface area contributed by atoms with Gasteiger partial charge in [0.15, 0.2) is 9.97 Å². The maximum atomic E-state index is 13.1. The number of rotatable bonds is 5. The van der Waals surface area contributed by atoms with Crippen LogP contribution in [0.25, 0.3) is 0 Å². The zero-order valence-corrected chi connectivity index (χ0v) is 18.2. The second-order valence-corrected chi connectivity index (χ2v) is 9.08. The van der Waals surface area contributed by atoms with Crippen LogP contribution in [0.5, 0.6) is 0 Å². The highest BCUT2D eigenvalue weighted by Gasteiger charge is 2.24. The van der Waals surface area contributed by atoms with Gasteiger partial charge in [0.05, 0.1) is 5.69 Å². The Kier molecular flexibility index (Phi) is 7.50. The molecule has 1 heterocycles. The van der Waals surface area contributed by atoms with Crippen molar-refractivity contribution in [2.24, 2.45) is 0 Å². The Morgan fingerprint density at radius 3 is 2.57 bits per heavy atom. The van der Waals surface area contributed by atoms with Crippen molar-refractivity contribution in [1.29, 1.82) is 0 Å². The van der Waals surface area contributed by atoms with Gasteiger partial charge in [0, 0.05) is 11.6 Å². The largest absolute Gasteiger partial charge is 0.444 e. The van der Waals surface area contributed by atoms with Crippen molar-refractivity contribution in [2.75, 3.05) is 5.32 Å². The molecular formula is C17H17Cl3FN3O3S. The molecule has 0 aliphatic heterocycles. The molecule has 0 atom stereocenters. The van der Waals surface area contributed by atoms with Crippen LogP contribution in [0.1, 0.15) is 46.5 Å². The number of benzene rings is 1. The number of nitrogens with one attached hydrogen (secondary N) is 2. The topological polar surface area (TPSA) is 80.3 Å². The third-order valence-electron chi connectivity index (χ3n) is 3.13. The van der Waals surface area contributed by atoms with Gasteiger partial charge in [-0.05, 0) is 38.5 Å². The first-order valence-corrected chi connectivity index (χ1v) is 10.0. The Bertz CT molecular complexity index is 884. The molecule has 0 saturated carbocycles. The number of hydrogen-bond donors (Lipinski definition) is 2. The van der Waals surface area contributed by atoms with Crippen molar-refractivity contribution >= 4 is 63.3 Å². The minimum absolute atomic E-state index is 0.0549. The summed E-state index contributed by atoms with van der Waals surface area (Å²) in [6.45, 7) is 5.20. The SMILES string of the molecule is CC(C)(C)OC(=O)Nc1nc(C(Cl)Cl)c(C(=O)NCc2ccc(F)cc2Cl)s1. The molecule has 2 aromatic rings. The van der Waals surface area contributed by atoms with E-state index in [1.54, 1.807) is 20.8 Å². The van der Waals surface area contributed by atoms with Crippen LogP contribution < -0.4 is 10.6 Å². The van der Waals surface area contributed by atoms with Crippen LogP contribution in [0.4, 0.5) is 14.3 Å². The predicted molar refractivity (Wildman–Crippen MR) is 109 cm³/mol. The summed E-state index contributed by atoms with van der Waals surface area (Å²) in [6, 6.07) is 3.85. The third-order valence-corrected chi connectivity index (χ3v) is 4.88. The smallest absolute Gasteiger partial charge is 0.413 e. The van der Waals surface area contributed by atoms with Crippen LogP contribution in [0.3, 0.4) is 0 Å². The van der Waals surface area contributed by atoms with Gasteiger partial charge in [-0.15, -0.1) is 0 Å². The second kappa shape index (κ2) is 9.26. The molecule has 1 aromatic carbocycles. The molecule has 2 amide bonds. The highest BCUT2D eigenvalue weighted by molar-refractivity contribution is 7.17. The van der Waals surface area contributed by atoms with Crippen molar-refractivity contribution in [2.45, 2.75) is 37.8 Å². The van der Waals surface area contributed by atoms with Crippen LogP contribution in [0, 0.1) is 5.82 Å². The number of thiazole rings is 1. The maximum Gasteiger partial charge on any atom is 0.413 e. The summed E-state index contributed by atoms with van der Waals surface area (Å²) in [5.41, 5.74) is -0.0645. The third kappa shape index (κ3) is 6.48. The van der Waals surface area contributed by atoms with E-state index in [0.29, 0.717) is 5.56 Å². The molecular weight excluding hydrogens is 452 g/mol. The number of carbonyl (C=O) groups is 2. The fourth-order valence-corrected chi connectivity index (χ4v) is 3.59. The van der Waals surface area contributed by atoms with Gasteiger partial charge < -0.3 is 10.1 Å². The number of nitrogens with zero attached hydrogens (tertiary/aromatic N) is 1. The molecule has 0 saturated heterocycles. The second-order valence-electron chi connectivity index (χ2n) is 6.58. The van der Waals surface area contributed by atoms with Crippen molar-refractivity contribution in [3.8, 4) is 0 Å². The lowest BCUT2D eigenvalue weighted by molar-refractivity contribution is 0.0635. The summed E-state index contributed by atoms with van der Waals surface area (Å²) >= 11 is 18.6. The molecule has 1 aromatic heterocycles. The summed E-state index contributed by atoms with van der Waals surface area (Å²) < 4.78 is 18.3. The zero-order valence-electron chi connectivity index (χ0n) is 15.1. The van der Waals surface area contributed by atoms with E-state index in [-0.39, 0.29) is 27.3 Å². The Labute approximate surface area is 180 Å². The average molecular weight is 469 g/mol. The number of hydrogen-bond acceptors (Lipinski definition) is 5. The van der Waals surface area contributed by atoms with E-state index < -0.39 is 28.3 Å². The molecule has 0 spiro atoms. The standard InChI is InChI=1S/C17H17Cl3FN3O3S/c1-17(2,3)27-16(26)24-15-23-11(13(19)20)12(28-15)14(25)22-7-8-4-5-9(21)6-10(8)18/h4-6,13H,7H2,1-3H3,(H,22,25)(H,23,24,26). The number of alkyl halides is 2. The van der Waals surface area contributed by atoms with Crippen molar-refractivity contribution in [1.82, 2.24) is 10.3 Å². The van der Waals surface area contributed by atoms with Crippen LogP contribution in [-0.2, 0) is 11.3 Å². The fourth-order valence-electron chi connectivity index (χ4n) is 2.01. The van der Waals surface area contributed by atoms with E-state index in [9.17, 15) is 14.0 Å². The highest BCUT2D eigenvalue weighted by atomic mass is 35.5. The van der Waals surface area contributed by atoms with Crippen LogP contribution in [-0.4, -0.2) is 22.6 Å². The van der Waals surface area contributed by atoms with Gasteiger partial charge in [0.25, 0.3) is 5.91 Å². The Hall–Kier alpha value is -1.61. The molecule has 2 N–H and O–H groups in total. The first-order chi connectivity index (χ1) is 13.0. The number of carbonyl (C=O) groups excluding carboxylic acids is 2. The predicted octanol–water partition coefficient (Wildman–Crippen LogP) is 5.69. The molecule has 0 fully saturated rings. The summed E-state index contributed by atoms with van der Waals surface area (Å²) in [6.07, 6.45) is -0.724.